The van der Waals surface area contributed by atoms with Crippen LogP contribution in [0.2, 0.25) is 0 Å². The van der Waals surface area contributed by atoms with Gasteiger partial charge in [-0.05, 0) is 19.3 Å². The van der Waals surface area contributed by atoms with Gasteiger partial charge in [-0.25, -0.2) is 4.79 Å². The second-order valence-corrected chi connectivity index (χ2v) is 4.27. The van der Waals surface area contributed by atoms with Gasteiger partial charge in [0.1, 0.15) is 5.41 Å². The maximum absolute atomic E-state index is 12.0. The van der Waals surface area contributed by atoms with Crippen LogP contribution in [0.25, 0.3) is 0 Å². The van der Waals surface area contributed by atoms with Gasteiger partial charge in [0.05, 0.1) is 0 Å². The van der Waals surface area contributed by atoms with E-state index in [0.717, 1.165) is 0 Å². The second-order valence-electron chi connectivity index (χ2n) is 4.27. The molecule has 1 fully saturated rings. The maximum atomic E-state index is 12.0. The van der Waals surface area contributed by atoms with Crippen LogP contribution in [0.1, 0.15) is 33.6 Å². The molecule has 0 aromatic carbocycles. The summed E-state index contributed by atoms with van der Waals surface area (Å²) in [5, 5.41) is 4.36. The van der Waals surface area contributed by atoms with Crippen molar-refractivity contribution in [3.8, 4) is 0 Å². The van der Waals surface area contributed by atoms with E-state index in [1.165, 1.54) is 0 Å². The number of urea groups is 1. The molecular formula is C12H18N2NaO3+. The number of hydrogen-bond acceptors (Lipinski definition) is 3. The molecule has 0 aromatic rings. The fourth-order valence-corrected chi connectivity index (χ4v) is 2.28. The van der Waals surface area contributed by atoms with Crippen LogP contribution in [-0.2, 0) is 9.59 Å². The van der Waals surface area contributed by atoms with E-state index in [9.17, 15) is 14.4 Å². The molecular weight excluding hydrogens is 243 g/mol. The van der Waals surface area contributed by atoms with E-state index in [1.807, 2.05) is 26.8 Å². The Morgan fingerprint density at radius 1 is 1.22 bits per heavy atom. The molecule has 4 amide bonds. The van der Waals surface area contributed by atoms with Crippen LogP contribution in [0, 0.1) is 11.3 Å². The average molecular weight is 261 g/mol. The standard InChI is InChI=1S/C12H18N2O3.Na/c1-4-6-8(3)12(7-5-2)9(15)13-11(17)14-10(12)16;/h4,6,8H,5,7H2,1-3H3,(H2,13,14,15,16,17);/q;+1/b6-4+;. The Morgan fingerprint density at radius 3 is 2.11 bits per heavy atom. The molecule has 0 aliphatic carbocycles. The predicted octanol–water partition coefficient (Wildman–Crippen LogP) is -1.64. The van der Waals surface area contributed by atoms with Crippen molar-refractivity contribution in [3.63, 3.8) is 0 Å². The van der Waals surface area contributed by atoms with Crippen molar-refractivity contribution in [1.29, 1.82) is 0 Å². The summed E-state index contributed by atoms with van der Waals surface area (Å²) in [7, 11) is 0. The molecule has 1 atom stereocenters. The van der Waals surface area contributed by atoms with Gasteiger partial charge in [0.15, 0.2) is 0 Å². The molecule has 0 saturated carbocycles. The van der Waals surface area contributed by atoms with Crippen molar-refractivity contribution in [2.45, 2.75) is 33.6 Å². The quantitative estimate of drug-likeness (QED) is 0.362. The third-order valence-corrected chi connectivity index (χ3v) is 3.17. The first-order valence-corrected chi connectivity index (χ1v) is 5.78. The summed E-state index contributed by atoms with van der Waals surface area (Å²) in [5.41, 5.74) is -1.17. The Labute approximate surface area is 129 Å². The Bertz CT molecular complexity index is 360. The summed E-state index contributed by atoms with van der Waals surface area (Å²) in [6.07, 6.45) is 4.73. The fraction of sp³-hybridized carbons (Fsp3) is 0.583. The van der Waals surface area contributed by atoms with Crippen molar-refractivity contribution in [2.24, 2.45) is 11.3 Å². The summed E-state index contributed by atoms with van der Waals surface area (Å²) < 4.78 is 0. The van der Waals surface area contributed by atoms with Crippen LogP contribution >= 0.6 is 0 Å². The van der Waals surface area contributed by atoms with E-state index in [4.69, 9.17) is 0 Å². The summed E-state index contributed by atoms with van der Waals surface area (Å²) in [4.78, 5) is 35.1. The topological polar surface area (TPSA) is 75.3 Å². The smallest absolute Gasteiger partial charge is 0.277 e. The van der Waals surface area contributed by atoms with E-state index in [-0.39, 0.29) is 35.5 Å². The summed E-state index contributed by atoms with van der Waals surface area (Å²) >= 11 is 0. The normalized spacial score (nSPS) is 20.1. The number of carbonyl (C=O) groups excluding carboxylic acids is 3. The number of nitrogens with one attached hydrogen (secondary N) is 2. The minimum Gasteiger partial charge on any atom is -0.277 e. The second kappa shape index (κ2) is 7.07. The van der Waals surface area contributed by atoms with Crippen LogP contribution in [0.15, 0.2) is 12.2 Å². The van der Waals surface area contributed by atoms with E-state index >= 15 is 0 Å². The number of barbiturate groups is 1. The van der Waals surface area contributed by atoms with Crippen LogP contribution in [0.4, 0.5) is 4.79 Å². The third-order valence-electron chi connectivity index (χ3n) is 3.17. The van der Waals surface area contributed by atoms with Gasteiger partial charge in [-0.2, -0.15) is 0 Å². The first-order chi connectivity index (χ1) is 7.98. The van der Waals surface area contributed by atoms with Gasteiger partial charge < -0.3 is 0 Å². The minimum absolute atomic E-state index is 0. The number of amides is 4. The molecule has 0 bridgehead atoms. The molecule has 18 heavy (non-hydrogen) atoms. The molecule has 1 saturated heterocycles. The van der Waals surface area contributed by atoms with Gasteiger partial charge >= 0.3 is 35.6 Å². The Morgan fingerprint density at radius 2 is 1.72 bits per heavy atom. The number of imide groups is 2. The van der Waals surface area contributed by atoms with E-state index in [0.29, 0.717) is 12.8 Å². The molecule has 1 heterocycles. The zero-order valence-electron chi connectivity index (χ0n) is 11.4. The van der Waals surface area contributed by atoms with Gasteiger partial charge in [-0.3, -0.25) is 20.2 Å². The van der Waals surface area contributed by atoms with Crippen LogP contribution in [0.3, 0.4) is 0 Å². The van der Waals surface area contributed by atoms with E-state index < -0.39 is 23.3 Å². The van der Waals surface area contributed by atoms with Crippen molar-refractivity contribution >= 4 is 17.8 Å². The molecule has 1 rings (SSSR count). The van der Waals surface area contributed by atoms with Gasteiger partial charge in [0.25, 0.3) is 0 Å². The summed E-state index contributed by atoms with van der Waals surface area (Å²) in [5.74, 6) is -1.25. The fourth-order valence-electron chi connectivity index (χ4n) is 2.28. The minimum atomic E-state index is -1.17. The van der Waals surface area contributed by atoms with Gasteiger partial charge in [0, 0.05) is 0 Å². The molecule has 1 aliphatic heterocycles. The van der Waals surface area contributed by atoms with Crippen molar-refractivity contribution in [3.05, 3.63) is 12.2 Å². The number of allylic oxidation sites excluding steroid dienone is 2. The first kappa shape index (κ1) is 17.4. The summed E-state index contributed by atoms with van der Waals surface area (Å²) in [6, 6.07) is -0.737. The van der Waals surface area contributed by atoms with E-state index in [1.54, 1.807) is 6.08 Å². The monoisotopic (exact) mass is 261 g/mol. The van der Waals surface area contributed by atoms with Crippen molar-refractivity contribution in [2.75, 3.05) is 0 Å². The molecule has 0 aromatic heterocycles. The number of hydrogen-bond donors (Lipinski definition) is 2. The van der Waals surface area contributed by atoms with Crippen molar-refractivity contribution < 1.29 is 43.9 Å². The van der Waals surface area contributed by atoms with Crippen LogP contribution in [-0.4, -0.2) is 17.8 Å². The zero-order valence-corrected chi connectivity index (χ0v) is 13.4. The predicted molar refractivity (Wildman–Crippen MR) is 63.0 cm³/mol. The van der Waals surface area contributed by atoms with Crippen molar-refractivity contribution in [1.82, 2.24) is 10.6 Å². The first-order valence-electron chi connectivity index (χ1n) is 5.78. The molecule has 1 unspecified atom stereocenters. The maximum Gasteiger partial charge on any atom is 1.00 e. The molecule has 2 N–H and O–H groups in total. The molecule has 1 aliphatic rings. The molecule has 0 radical (unpaired) electrons. The molecule has 0 spiro atoms. The summed E-state index contributed by atoms with van der Waals surface area (Å²) in [6.45, 7) is 5.55. The number of rotatable bonds is 4. The third kappa shape index (κ3) is 3.02. The Hall–Kier alpha value is -0.650. The van der Waals surface area contributed by atoms with Gasteiger partial charge in [0.2, 0.25) is 11.8 Å². The Balaban J connectivity index is 0.00000289. The average Bonchev–Trinajstić information content (AvgIpc) is 2.23. The molecule has 6 heteroatoms. The largest absolute Gasteiger partial charge is 1.00 e. The van der Waals surface area contributed by atoms with Gasteiger partial charge in [-0.1, -0.05) is 32.4 Å². The SMILES string of the molecule is C/C=C/C(C)C1(CCC)C(=O)NC(=O)NC1=O.[Na+]. The van der Waals surface area contributed by atoms with Crippen LogP contribution < -0.4 is 40.2 Å². The molecule has 94 valence electrons. The van der Waals surface area contributed by atoms with E-state index in [2.05, 4.69) is 10.6 Å². The Kier molecular flexibility index (Phi) is 6.81. The zero-order chi connectivity index (χ0) is 13.1. The van der Waals surface area contributed by atoms with Gasteiger partial charge in [-0.15, -0.1) is 0 Å². The number of carbonyl (C=O) groups is 3. The van der Waals surface area contributed by atoms with Crippen LogP contribution in [0.5, 0.6) is 0 Å². The molecule has 5 nitrogen and oxygen atoms in total.